The summed E-state index contributed by atoms with van der Waals surface area (Å²) in [5.74, 6) is 1.86. The number of carbonyl (C=O) groups excluding carboxylic acids is 1. The minimum atomic E-state index is -0.0481. The van der Waals surface area contributed by atoms with Crippen LogP contribution in [0.15, 0.2) is 52.9 Å². The Labute approximate surface area is 207 Å². The van der Waals surface area contributed by atoms with Crippen LogP contribution in [-0.4, -0.2) is 30.4 Å². The van der Waals surface area contributed by atoms with Crippen molar-refractivity contribution in [2.45, 2.75) is 51.5 Å². The van der Waals surface area contributed by atoms with Crippen molar-refractivity contribution in [3.8, 4) is 0 Å². The summed E-state index contributed by atoms with van der Waals surface area (Å²) in [7, 11) is 0. The van der Waals surface area contributed by atoms with Gasteiger partial charge >= 0.3 is 0 Å². The molecule has 35 heavy (non-hydrogen) atoms. The number of carbonyl (C=O) groups is 1. The molecule has 3 aliphatic rings. The van der Waals surface area contributed by atoms with Gasteiger partial charge in [0.05, 0.1) is 5.57 Å². The van der Waals surface area contributed by atoms with E-state index in [1.165, 1.54) is 49.0 Å². The number of nitrogens with one attached hydrogen (secondary N) is 2. The highest BCUT2D eigenvalue weighted by atomic mass is 16.3. The van der Waals surface area contributed by atoms with Crippen LogP contribution in [0.25, 0.3) is 11.6 Å². The lowest BCUT2D eigenvalue weighted by Gasteiger charge is -2.14. The van der Waals surface area contributed by atoms with Gasteiger partial charge in [-0.1, -0.05) is 24.3 Å². The highest BCUT2D eigenvalue weighted by Crippen LogP contribution is 2.37. The summed E-state index contributed by atoms with van der Waals surface area (Å²) in [6.45, 7) is 4.18. The van der Waals surface area contributed by atoms with Gasteiger partial charge in [-0.25, -0.2) is 0 Å². The van der Waals surface area contributed by atoms with Crippen LogP contribution in [0.3, 0.4) is 0 Å². The molecule has 1 aliphatic carbocycles. The van der Waals surface area contributed by atoms with Crippen LogP contribution in [0.2, 0.25) is 0 Å². The number of hydrogen-bond acceptors (Lipinski definition) is 4. The first-order valence-corrected chi connectivity index (χ1v) is 13.1. The Hall–Kier alpha value is -3.31. The minimum absolute atomic E-state index is 0.0481. The summed E-state index contributed by atoms with van der Waals surface area (Å²) in [4.78, 5) is 15.5. The van der Waals surface area contributed by atoms with E-state index < -0.39 is 0 Å². The van der Waals surface area contributed by atoms with Gasteiger partial charge in [0.1, 0.15) is 11.5 Å². The molecular formula is C30H33N3O2. The Morgan fingerprint density at radius 3 is 2.69 bits per heavy atom. The van der Waals surface area contributed by atoms with Crippen LogP contribution in [0.1, 0.15) is 59.5 Å². The van der Waals surface area contributed by atoms with Gasteiger partial charge in [-0.15, -0.1) is 0 Å². The van der Waals surface area contributed by atoms with Crippen molar-refractivity contribution in [1.82, 2.24) is 4.90 Å². The molecule has 2 N–H and O–H groups in total. The van der Waals surface area contributed by atoms with Gasteiger partial charge in [-0.3, -0.25) is 4.79 Å². The van der Waals surface area contributed by atoms with E-state index in [1.807, 2.05) is 24.3 Å². The molecule has 0 saturated carbocycles. The zero-order valence-corrected chi connectivity index (χ0v) is 20.2. The summed E-state index contributed by atoms with van der Waals surface area (Å²) >= 11 is 0. The van der Waals surface area contributed by atoms with Gasteiger partial charge in [-0.2, -0.15) is 0 Å². The van der Waals surface area contributed by atoms with Gasteiger partial charge in [0, 0.05) is 42.0 Å². The third-order valence-corrected chi connectivity index (χ3v) is 7.61. The molecule has 5 nitrogen and oxygen atoms in total. The molecule has 3 heterocycles. The van der Waals surface area contributed by atoms with E-state index in [2.05, 4.69) is 45.9 Å². The fraction of sp³-hybridized carbons (Fsp3) is 0.367. The Morgan fingerprint density at radius 1 is 1.00 bits per heavy atom. The predicted molar refractivity (Wildman–Crippen MR) is 141 cm³/mol. The number of furan rings is 1. The standard InChI is InChI=1S/C30H33N3O2/c34-30-25(24-18-21(12-13-27(24)32-30)14-17-33-15-6-7-16-33)19-29-26(20-31-22-8-2-1-3-9-22)23-10-4-5-11-28(23)35-29/h1-3,8-9,12-13,18-19,31H,4-7,10-11,14-17,20H2,(H,32,34). The molecule has 5 heteroatoms. The quantitative estimate of drug-likeness (QED) is 0.425. The number of nitrogens with zero attached hydrogens (tertiary/aromatic N) is 1. The molecule has 2 aromatic carbocycles. The summed E-state index contributed by atoms with van der Waals surface area (Å²) in [5, 5.41) is 6.61. The molecule has 0 spiro atoms. The maximum atomic E-state index is 13.0. The van der Waals surface area contributed by atoms with Gasteiger partial charge in [0.25, 0.3) is 5.91 Å². The van der Waals surface area contributed by atoms with Crippen molar-refractivity contribution >= 4 is 28.9 Å². The first kappa shape index (κ1) is 22.2. The highest BCUT2D eigenvalue weighted by molar-refractivity contribution is 6.34. The van der Waals surface area contributed by atoms with Crippen molar-refractivity contribution in [2.75, 3.05) is 30.3 Å². The molecule has 1 amide bonds. The smallest absolute Gasteiger partial charge is 0.256 e. The first-order chi connectivity index (χ1) is 17.2. The van der Waals surface area contributed by atoms with Crippen LogP contribution in [0, 0.1) is 0 Å². The molecule has 1 aromatic heterocycles. The van der Waals surface area contributed by atoms with Crippen LogP contribution in [0.5, 0.6) is 0 Å². The Kier molecular flexibility index (Phi) is 6.17. The lowest BCUT2D eigenvalue weighted by Crippen LogP contribution is -2.21. The molecular weight excluding hydrogens is 434 g/mol. The molecule has 2 aliphatic heterocycles. The van der Waals surface area contributed by atoms with Crippen molar-refractivity contribution in [3.05, 3.63) is 82.3 Å². The van der Waals surface area contributed by atoms with Crippen LogP contribution in [-0.2, 0) is 30.6 Å². The average Bonchev–Trinajstić information content (AvgIpc) is 3.60. The number of anilines is 2. The zero-order valence-electron chi connectivity index (χ0n) is 20.2. The number of fused-ring (bicyclic) bond motifs is 2. The minimum Gasteiger partial charge on any atom is -0.461 e. The molecule has 1 saturated heterocycles. The van der Waals surface area contributed by atoms with E-state index >= 15 is 0 Å². The normalized spacial score (nSPS) is 18.5. The van der Waals surface area contributed by atoms with Crippen molar-refractivity contribution in [2.24, 2.45) is 0 Å². The summed E-state index contributed by atoms with van der Waals surface area (Å²) in [6, 6.07) is 16.7. The Balaban J connectivity index is 1.30. The number of para-hydroxylation sites is 1. The van der Waals surface area contributed by atoms with Crippen molar-refractivity contribution in [1.29, 1.82) is 0 Å². The number of hydrogen-bond donors (Lipinski definition) is 2. The molecule has 1 fully saturated rings. The maximum Gasteiger partial charge on any atom is 0.256 e. The Morgan fingerprint density at radius 2 is 1.83 bits per heavy atom. The molecule has 3 aromatic rings. The van der Waals surface area contributed by atoms with E-state index in [4.69, 9.17) is 4.42 Å². The van der Waals surface area contributed by atoms with Crippen LogP contribution in [0.4, 0.5) is 11.4 Å². The topological polar surface area (TPSA) is 57.5 Å². The van der Waals surface area contributed by atoms with Crippen molar-refractivity contribution in [3.63, 3.8) is 0 Å². The van der Waals surface area contributed by atoms with E-state index in [-0.39, 0.29) is 5.91 Å². The summed E-state index contributed by atoms with van der Waals surface area (Å²) in [6.07, 6.45) is 9.96. The second-order valence-corrected chi connectivity index (χ2v) is 9.96. The molecule has 0 atom stereocenters. The molecule has 0 radical (unpaired) electrons. The van der Waals surface area contributed by atoms with Gasteiger partial charge in [-0.05, 0) is 93.1 Å². The largest absolute Gasteiger partial charge is 0.461 e. The molecule has 0 bridgehead atoms. The molecule has 0 unspecified atom stereocenters. The second-order valence-electron chi connectivity index (χ2n) is 9.96. The number of aryl methyl sites for hydroxylation is 1. The number of amides is 1. The zero-order chi connectivity index (χ0) is 23.6. The number of likely N-dealkylation sites (tertiary alicyclic amines) is 1. The fourth-order valence-electron chi connectivity index (χ4n) is 5.67. The number of benzene rings is 2. The number of rotatable bonds is 7. The highest BCUT2D eigenvalue weighted by Gasteiger charge is 2.27. The van der Waals surface area contributed by atoms with Gasteiger partial charge in [0.2, 0.25) is 0 Å². The van der Waals surface area contributed by atoms with E-state index in [0.717, 1.165) is 60.7 Å². The van der Waals surface area contributed by atoms with E-state index in [9.17, 15) is 4.79 Å². The molecule has 6 rings (SSSR count). The summed E-state index contributed by atoms with van der Waals surface area (Å²) in [5.41, 5.74) is 7.46. The fourth-order valence-corrected chi connectivity index (χ4v) is 5.67. The molecule has 180 valence electrons. The Bertz CT molecular complexity index is 1250. The monoisotopic (exact) mass is 467 g/mol. The third-order valence-electron chi connectivity index (χ3n) is 7.61. The lowest BCUT2D eigenvalue weighted by atomic mass is 9.94. The SMILES string of the molecule is O=C1Nc2ccc(CCN3CCCC3)cc2C1=Cc1oc2c(c1CNc1ccccc1)CCCC2. The van der Waals surface area contributed by atoms with E-state index in [1.54, 1.807) is 0 Å². The maximum absolute atomic E-state index is 13.0. The predicted octanol–water partition coefficient (Wildman–Crippen LogP) is 5.90. The lowest BCUT2D eigenvalue weighted by molar-refractivity contribution is -0.110. The average molecular weight is 468 g/mol. The van der Waals surface area contributed by atoms with E-state index in [0.29, 0.717) is 12.1 Å². The van der Waals surface area contributed by atoms with Crippen LogP contribution >= 0.6 is 0 Å². The van der Waals surface area contributed by atoms with Gasteiger partial charge < -0.3 is 20.0 Å². The van der Waals surface area contributed by atoms with Gasteiger partial charge in [0.15, 0.2) is 0 Å². The third kappa shape index (κ3) is 4.65. The van der Waals surface area contributed by atoms with Crippen molar-refractivity contribution < 1.29 is 9.21 Å². The summed E-state index contributed by atoms with van der Waals surface area (Å²) < 4.78 is 6.39. The van der Waals surface area contributed by atoms with Crippen LogP contribution < -0.4 is 10.6 Å². The second kappa shape index (κ2) is 9.74. The first-order valence-electron chi connectivity index (χ1n) is 13.1.